The Labute approximate surface area is 133 Å². The number of hydrogen-bond donors (Lipinski definition) is 1. The highest BCUT2D eigenvalue weighted by Crippen LogP contribution is 2.33. The van der Waals surface area contributed by atoms with Crippen molar-refractivity contribution >= 4 is 11.6 Å². The number of hydrogen-bond acceptors (Lipinski definition) is 2. The molecule has 116 valence electrons. The molecule has 1 atom stereocenters. The summed E-state index contributed by atoms with van der Waals surface area (Å²) in [4.78, 5) is 2.64. The first-order valence-corrected chi connectivity index (χ1v) is 8.70. The summed E-state index contributed by atoms with van der Waals surface area (Å²) in [6.45, 7) is 7.75. The van der Waals surface area contributed by atoms with Crippen LogP contribution in [0.2, 0.25) is 5.02 Å². The van der Waals surface area contributed by atoms with Crippen LogP contribution in [0.15, 0.2) is 18.2 Å². The Hall–Kier alpha value is -0.570. The third kappa shape index (κ3) is 3.44. The van der Waals surface area contributed by atoms with E-state index in [-0.39, 0.29) is 0 Å². The van der Waals surface area contributed by atoms with E-state index in [0.717, 1.165) is 18.1 Å². The Bertz CT molecular complexity index is 494. The summed E-state index contributed by atoms with van der Waals surface area (Å²) >= 11 is 6.45. The molecule has 2 aliphatic rings. The molecule has 0 aromatic heterocycles. The fourth-order valence-corrected chi connectivity index (χ4v) is 4.22. The third-order valence-corrected chi connectivity index (χ3v) is 5.69. The normalized spacial score (nSPS) is 26.1. The molecule has 0 amide bonds. The predicted octanol–water partition coefficient (Wildman–Crippen LogP) is 4.15. The zero-order valence-electron chi connectivity index (χ0n) is 13.3. The van der Waals surface area contributed by atoms with Gasteiger partial charge in [0.1, 0.15) is 0 Å². The smallest absolute Gasteiger partial charge is 0.0453 e. The third-order valence-electron chi connectivity index (χ3n) is 5.33. The fraction of sp³-hybridized carbons (Fsp3) is 0.667. The Morgan fingerprint density at radius 1 is 1.33 bits per heavy atom. The van der Waals surface area contributed by atoms with E-state index in [1.54, 1.807) is 0 Å². The molecule has 0 radical (unpaired) electrons. The summed E-state index contributed by atoms with van der Waals surface area (Å²) in [5.74, 6) is 0. The van der Waals surface area contributed by atoms with Crippen LogP contribution in [0.4, 0.5) is 0 Å². The average Bonchev–Trinajstić information content (AvgIpc) is 2.83. The summed E-state index contributed by atoms with van der Waals surface area (Å²) in [7, 11) is 0. The van der Waals surface area contributed by atoms with Crippen molar-refractivity contribution in [3.05, 3.63) is 34.3 Å². The molecule has 3 heteroatoms. The summed E-state index contributed by atoms with van der Waals surface area (Å²) < 4.78 is 0. The molecule has 3 rings (SSSR count). The zero-order valence-corrected chi connectivity index (χ0v) is 14.0. The summed E-state index contributed by atoms with van der Waals surface area (Å²) in [6, 6.07) is 7.08. The lowest BCUT2D eigenvalue weighted by atomic mass is 9.96. The van der Waals surface area contributed by atoms with Crippen LogP contribution in [0.25, 0.3) is 0 Å². The summed E-state index contributed by atoms with van der Waals surface area (Å²) in [5, 5.41) is 4.77. The second kappa shape index (κ2) is 6.28. The number of nitrogens with zero attached hydrogens (tertiary/aromatic N) is 1. The van der Waals surface area contributed by atoms with Crippen molar-refractivity contribution in [2.24, 2.45) is 0 Å². The second-order valence-electron chi connectivity index (χ2n) is 7.05. The van der Waals surface area contributed by atoms with Gasteiger partial charge >= 0.3 is 0 Å². The highest BCUT2D eigenvalue weighted by molar-refractivity contribution is 6.31. The van der Waals surface area contributed by atoms with Gasteiger partial charge in [0.25, 0.3) is 0 Å². The largest absolute Gasteiger partial charge is 0.310 e. The van der Waals surface area contributed by atoms with Crippen molar-refractivity contribution in [3.8, 4) is 0 Å². The lowest BCUT2D eigenvalue weighted by Gasteiger charge is -2.35. The van der Waals surface area contributed by atoms with Gasteiger partial charge in [-0.1, -0.05) is 36.6 Å². The quantitative estimate of drug-likeness (QED) is 0.883. The number of rotatable bonds is 2. The van der Waals surface area contributed by atoms with E-state index >= 15 is 0 Å². The molecule has 2 nitrogen and oxygen atoms in total. The lowest BCUT2D eigenvalue weighted by Crippen LogP contribution is -2.50. The van der Waals surface area contributed by atoms with Crippen LogP contribution in [0.3, 0.4) is 0 Å². The monoisotopic (exact) mass is 306 g/mol. The molecule has 1 saturated carbocycles. The van der Waals surface area contributed by atoms with Crippen molar-refractivity contribution in [2.45, 2.75) is 64.1 Å². The van der Waals surface area contributed by atoms with Crippen LogP contribution >= 0.6 is 11.6 Å². The molecule has 21 heavy (non-hydrogen) atoms. The van der Waals surface area contributed by atoms with Crippen molar-refractivity contribution in [2.75, 3.05) is 13.1 Å². The van der Waals surface area contributed by atoms with Gasteiger partial charge in [-0.2, -0.15) is 0 Å². The minimum absolute atomic E-state index is 0.363. The van der Waals surface area contributed by atoms with E-state index in [9.17, 15) is 0 Å². The highest BCUT2D eigenvalue weighted by Gasteiger charge is 2.38. The van der Waals surface area contributed by atoms with Gasteiger partial charge in [-0.3, -0.25) is 4.90 Å². The number of aryl methyl sites for hydroxylation is 1. The lowest BCUT2D eigenvalue weighted by molar-refractivity contribution is 0.160. The summed E-state index contributed by atoms with van der Waals surface area (Å²) in [6.07, 6.45) is 6.64. The molecule has 0 bridgehead atoms. The second-order valence-corrected chi connectivity index (χ2v) is 7.46. The topological polar surface area (TPSA) is 15.3 Å². The number of benzene rings is 1. The highest BCUT2D eigenvalue weighted by atomic mass is 35.5. The van der Waals surface area contributed by atoms with E-state index in [0.29, 0.717) is 11.6 Å². The van der Waals surface area contributed by atoms with Crippen molar-refractivity contribution in [1.29, 1.82) is 0 Å². The minimum Gasteiger partial charge on any atom is -0.310 e. The molecule has 1 aliphatic carbocycles. The van der Waals surface area contributed by atoms with Crippen LogP contribution in [0.1, 0.15) is 50.2 Å². The first-order valence-electron chi connectivity index (χ1n) is 8.32. The maximum absolute atomic E-state index is 6.45. The molecular formula is C18H27ClN2. The Morgan fingerprint density at radius 2 is 2.10 bits per heavy atom. The average molecular weight is 307 g/mol. The van der Waals surface area contributed by atoms with Crippen molar-refractivity contribution in [3.63, 3.8) is 0 Å². The molecule has 1 aromatic rings. The van der Waals surface area contributed by atoms with Crippen LogP contribution in [-0.4, -0.2) is 29.6 Å². The molecule has 1 heterocycles. The first kappa shape index (κ1) is 15.3. The Kier molecular flexibility index (Phi) is 4.58. The SMILES string of the molecule is Cc1ccc(CN2CC3(CCCC3)NCCC2C)c(Cl)c1. The van der Waals surface area contributed by atoms with Gasteiger partial charge in [0, 0.05) is 29.7 Å². The van der Waals surface area contributed by atoms with E-state index in [1.807, 2.05) is 0 Å². The maximum Gasteiger partial charge on any atom is 0.0453 e. The van der Waals surface area contributed by atoms with Crippen LogP contribution < -0.4 is 5.32 Å². The molecule has 1 spiro atoms. The van der Waals surface area contributed by atoms with Crippen molar-refractivity contribution in [1.82, 2.24) is 10.2 Å². The molecule has 1 unspecified atom stereocenters. The molecule has 1 N–H and O–H groups in total. The van der Waals surface area contributed by atoms with Gasteiger partial charge in [0.05, 0.1) is 0 Å². The molecule has 2 fully saturated rings. The van der Waals surface area contributed by atoms with E-state index in [2.05, 4.69) is 42.3 Å². The van der Waals surface area contributed by atoms with E-state index < -0.39 is 0 Å². The molecule has 1 saturated heterocycles. The molecular weight excluding hydrogens is 280 g/mol. The van der Waals surface area contributed by atoms with Gasteiger partial charge in [-0.05, 0) is 56.8 Å². The van der Waals surface area contributed by atoms with Gasteiger partial charge in [-0.25, -0.2) is 0 Å². The molecule has 1 aromatic carbocycles. The van der Waals surface area contributed by atoms with Gasteiger partial charge in [0.2, 0.25) is 0 Å². The van der Waals surface area contributed by atoms with Gasteiger partial charge in [0.15, 0.2) is 0 Å². The standard InChI is InChI=1S/C18H27ClN2/c1-14-5-6-16(17(19)11-14)12-21-13-18(8-3-4-9-18)20-10-7-15(21)2/h5-6,11,15,20H,3-4,7-10,12-13H2,1-2H3. The summed E-state index contributed by atoms with van der Waals surface area (Å²) in [5.41, 5.74) is 2.87. The van der Waals surface area contributed by atoms with Gasteiger partial charge < -0.3 is 5.32 Å². The predicted molar refractivity (Wildman–Crippen MR) is 89.9 cm³/mol. The number of nitrogens with one attached hydrogen (secondary N) is 1. The first-order chi connectivity index (χ1) is 10.1. The zero-order chi connectivity index (χ0) is 14.9. The van der Waals surface area contributed by atoms with Crippen LogP contribution in [0, 0.1) is 6.92 Å². The minimum atomic E-state index is 0.363. The Balaban J connectivity index is 1.77. The van der Waals surface area contributed by atoms with Gasteiger partial charge in [-0.15, -0.1) is 0 Å². The maximum atomic E-state index is 6.45. The van der Waals surface area contributed by atoms with E-state index in [4.69, 9.17) is 11.6 Å². The number of halogens is 1. The van der Waals surface area contributed by atoms with Crippen molar-refractivity contribution < 1.29 is 0 Å². The Morgan fingerprint density at radius 3 is 2.81 bits per heavy atom. The fourth-order valence-electron chi connectivity index (χ4n) is 3.93. The van der Waals surface area contributed by atoms with Crippen LogP contribution in [-0.2, 0) is 6.54 Å². The van der Waals surface area contributed by atoms with E-state index in [1.165, 1.54) is 49.8 Å². The molecule has 1 aliphatic heterocycles. The van der Waals surface area contributed by atoms with Crippen LogP contribution in [0.5, 0.6) is 0 Å².